The maximum absolute atomic E-state index is 12.7. The zero-order valence-electron chi connectivity index (χ0n) is 25.4. The standard InChI is InChI=1S/C29H46O8P2/c1-26(2,3)20-13-15-24(22(17-20)28(7,8)9)36-38(30,31)34-19-35-39(32,33)37-25-16-14-21(27(4,5)6)18-23(25)29(10,11)12/h13-18H,19H2,1-12H3,(H,30,31)(H,32,33). The van der Waals surface area contributed by atoms with Crippen molar-refractivity contribution >= 4 is 15.6 Å². The summed E-state index contributed by atoms with van der Waals surface area (Å²) < 4.78 is 46.0. The van der Waals surface area contributed by atoms with Gasteiger partial charge in [0.25, 0.3) is 0 Å². The Hall–Kier alpha value is -1.66. The van der Waals surface area contributed by atoms with E-state index >= 15 is 0 Å². The number of phosphoric ester groups is 2. The van der Waals surface area contributed by atoms with E-state index in [1.165, 1.54) is 0 Å². The number of hydrogen-bond acceptors (Lipinski definition) is 6. The molecule has 8 nitrogen and oxygen atoms in total. The van der Waals surface area contributed by atoms with Gasteiger partial charge in [0.2, 0.25) is 0 Å². The summed E-state index contributed by atoms with van der Waals surface area (Å²) in [5.74, 6) is 0.358. The summed E-state index contributed by atoms with van der Waals surface area (Å²) in [6.07, 6.45) is 0. The zero-order valence-corrected chi connectivity index (χ0v) is 27.2. The van der Waals surface area contributed by atoms with E-state index in [0.29, 0.717) is 0 Å². The summed E-state index contributed by atoms with van der Waals surface area (Å²) in [4.78, 5) is 20.7. The Morgan fingerprint density at radius 1 is 0.564 bits per heavy atom. The molecule has 2 atom stereocenters. The molecule has 0 aliphatic heterocycles. The highest BCUT2D eigenvalue weighted by molar-refractivity contribution is 7.48. The Bertz CT molecular complexity index is 1160. The van der Waals surface area contributed by atoms with Crippen LogP contribution in [0.2, 0.25) is 0 Å². The molecular formula is C29H46O8P2. The first-order valence-electron chi connectivity index (χ1n) is 13.0. The summed E-state index contributed by atoms with van der Waals surface area (Å²) in [6, 6.07) is 10.8. The molecule has 220 valence electrons. The molecule has 0 aliphatic carbocycles. The highest BCUT2D eigenvalue weighted by Gasteiger charge is 2.33. The lowest BCUT2D eigenvalue weighted by Crippen LogP contribution is -2.18. The summed E-state index contributed by atoms with van der Waals surface area (Å²) in [6.45, 7) is 23.2. The fraction of sp³-hybridized carbons (Fsp3) is 0.586. The third kappa shape index (κ3) is 9.74. The van der Waals surface area contributed by atoms with Crippen molar-refractivity contribution in [1.82, 2.24) is 0 Å². The maximum Gasteiger partial charge on any atom is 0.529 e. The van der Waals surface area contributed by atoms with Gasteiger partial charge in [-0.3, -0.25) is 9.79 Å². The summed E-state index contributed by atoms with van der Waals surface area (Å²) in [5, 5.41) is 0. The molecule has 0 saturated carbocycles. The molecule has 2 aromatic carbocycles. The normalized spacial score (nSPS) is 16.4. The van der Waals surface area contributed by atoms with Crippen LogP contribution in [-0.2, 0) is 39.8 Å². The van der Waals surface area contributed by atoms with Gasteiger partial charge in [0, 0.05) is 11.1 Å². The predicted octanol–water partition coefficient (Wildman–Crippen LogP) is 8.53. The number of hydrogen-bond donors (Lipinski definition) is 2. The average Bonchev–Trinajstić information content (AvgIpc) is 2.70. The van der Waals surface area contributed by atoms with Gasteiger partial charge in [-0.2, -0.15) is 0 Å². The van der Waals surface area contributed by atoms with E-state index in [1.807, 2.05) is 65.8 Å². The van der Waals surface area contributed by atoms with Crippen molar-refractivity contribution in [2.45, 2.75) is 105 Å². The van der Waals surface area contributed by atoms with Crippen LogP contribution in [0.3, 0.4) is 0 Å². The van der Waals surface area contributed by atoms with Crippen LogP contribution in [0.5, 0.6) is 11.5 Å². The van der Waals surface area contributed by atoms with Gasteiger partial charge in [-0.25, -0.2) is 18.2 Å². The predicted molar refractivity (Wildman–Crippen MR) is 156 cm³/mol. The topological polar surface area (TPSA) is 112 Å². The van der Waals surface area contributed by atoms with Crippen molar-refractivity contribution in [3.8, 4) is 11.5 Å². The molecule has 2 unspecified atom stereocenters. The van der Waals surface area contributed by atoms with E-state index < -0.39 is 33.3 Å². The number of rotatable bonds is 8. The first-order valence-corrected chi connectivity index (χ1v) is 15.9. The molecule has 10 heteroatoms. The molecular weight excluding hydrogens is 538 g/mol. The Labute approximate surface area is 234 Å². The lowest BCUT2D eigenvalue weighted by molar-refractivity contribution is 0.0621. The second-order valence-corrected chi connectivity index (χ2v) is 16.7. The molecule has 2 N–H and O–H groups in total. The van der Waals surface area contributed by atoms with Gasteiger partial charge in [0.15, 0.2) is 6.79 Å². The highest BCUT2D eigenvalue weighted by Crippen LogP contribution is 2.51. The molecule has 0 spiro atoms. The zero-order chi connectivity index (χ0) is 30.2. The molecule has 0 aromatic heterocycles. The quantitative estimate of drug-likeness (QED) is 0.235. The lowest BCUT2D eigenvalue weighted by Gasteiger charge is -2.28. The van der Waals surface area contributed by atoms with E-state index in [2.05, 4.69) is 41.5 Å². The Morgan fingerprint density at radius 2 is 0.872 bits per heavy atom. The molecule has 39 heavy (non-hydrogen) atoms. The van der Waals surface area contributed by atoms with Crippen LogP contribution in [0.4, 0.5) is 0 Å². The molecule has 0 aliphatic rings. The second kappa shape index (κ2) is 11.3. The molecule has 0 bridgehead atoms. The van der Waals surface area contributed by atoms with Crippen molar-refractivity contribution in [3.05, 3.63) is 58.7 Å². The van der Waals surface area contributed by atoms with Crippen LogP contribution >= 0.6 is 15.6 Å². The molecule has 2 rings (SSSR count). The van der Waals surface area contributed by atoms with Crippen molar-refractivity contribution < 1.29 is 37.0 Å². The minimum Gasteiger partial charge on any atom is -0.404 e. The van der Waals surface area contributed by atoms with E-state index in [0.717, 1.165) is 22.3 Å². The largest absolute Gasteiger partial charge is 0.529 e. The van der Waals surface area contributed by atoms with E-state index in [-0.39, 0.29) is 22.3 Å². The average molecular weight is 585 g/mol. The SMILES string of the molecule is CC(C)(C)c1ccc(OP(=O)(O)OCOP(=O)(O)Oc2ccc(C(C)(C)C)cc2C(C)(C)C)c(C(C)(C)C)c1. The van der Waals surface area contributed by atoms with Crippen molar-refractivity contribution in [3.63, 3.8) is 0 Å². The van der Waals surface area contributed by atoms with Gasteiger partial charge < -0.3 is 9.05 Å². The smallest absolute Gasteiger partial charge is 0.404 e. The Kier molecular flexibility index (Phi) is 9.73. The van der Waals surface area contributed by atoms with Gasteiger partial charge in [-0.1, -0.05) is 107 Å². The van der Waals surface area contributed by atoms with Gasteiger partial charge in [0.1, 0.15) is 11.5 Å². The van der Waals surface area contributed by atoms with Crippen molar-refractivity contribution in [1.29, 1.82) is 0 Å². The van der Waals surface area contributed by atoms with E-state index in [1.54, 1.807) is 12.1 Å². The van der Waals surface area contributed by atoms with E-state index in [9.17, 15) is 18.9 Å². The molecule has 0 saturated heterocycles. The van der Waals surface area contributed by atoms with Crippen LogP contribution in [0.1, 0.15) is 105 Å². The molecule has 0 heterocycles. The Morgan fingerprint density at radius 3 is 1.13 bits per heavy atom. The number of benzene rings is 2. The third-order valence-corrected chi connectivity index (χ3v) is 7.88. The Balaban J connectivity index is 2.18. The fourth-order valence-electron chi connectivity index (χ4n) is 3.78. The molecule has 0 radical (unpaired) electrons. The molecule has 2 aromatic rings. The van der Waals surface area contributed by atoms with Crippen LogP contribution < -0.4 is 9.05 Å². The maximum atomic E-state index is 12.7. The van der Waals surface area contributed by atoms with Gasteiger partial charge in [-0.05, 0) is 44.9 Å². The first-order chi connectivity index (χ1) is 17.3. The molecule has 0 amide bonds. The minimum absolute atomic E-state index is 0.131. The second-order valence-electron chi connectivity index (χ2n) is 13.9. The van der Waals surface area contributed by atoms with Gasteiger partial charge in [-0.15, -0.1) is 0 Å². The molecule has 0 fully saturated rings. The van der Waals surface area contributed by atoms with Crippen molar-refractivity contribution in [2.24, 2.45) is 0 Å². The monoisotopic (exact) mass is 584 g/mol. The van der Waals surface area contributed by atoms with Gasteiger partial charge in [0.05, 0.1) is 0 Å². The van der Waals surface area contributed by atoms with E-state index in [4.69, 9.17) is 18.1 Å². The number of phosphoric acid groups is 2. The minimum atomic E-state index is -4.71. The highest BCUT2D eigenvalue weighted by atomic mass is 31.2. The summed E-state index contributed by atoms with van der Waals surface area (Å²) in [5.41, 5.74) is 2.48. The first kappa shape index (κ1) is 33.5. The van der Waals surface area contributed by atoms with Crippen molar-refractivity contribution in [2.75, 3.05) is 6.79 Å². The van der Waals surface area contributed by atoms with Crippen LogP contribution in [-0.4, -0.2) is 16.6 Å². The fourth-order valence-corrected chi connectivity index (χ4v) is 5.16. The van der Waals surface area contributed by atoms with Crippen LogP contribution in [0.15, 0.2) is 36.4 Å². The summed E-state index contributed by atoms with van der Waals surface area (Å²) in [7, 11) is -9.42. The third-order valence-electron chi connectivity index (χ3n) is 6.17. The lowest BCUT2D eigenvalue weighted by atomic mass is 9.80. The van der Waals surface area contributed by atoms with Crippen LogP contribution in [0, 0.1) is 0 Å². The van der Waals surface area contributed by atoms with Gasteiger partial charge >= 0.3 is 15.6 Å². The summed E-state index contributed by atoms with van der Waals surface area (Å²) >= 11 is 0. The van der Waals surface area contributed by atoms with Crippen LogP contribution in [0.25, 0.3) is 0 Å².